The van der Waals surface area contributed by atoms with Crippen LogP contribution >= 0.6 is 0 Å². The van der Waals surface area contributed by atoms with E-state index in [9.17, 15) is 14.7 Å². The molecule has 2 atom stereocenters. The molecule has 1 aliphatic rings. The number of nitrogens with zero attached hydrogens (tertiary/aromatic N) is 2. The van der Waals surface area contributed by atoms with E-state index in [-0.39, 0.29) is 24.6 Å². The van der Waals surface area contributed by atoms with E-state index in [0.717, 1.165) is 39.0 Å². The van der Waals surface area contributed by atoms with Gasteiger partial charge in [-0.05, 0) is 26.4 Å². The summed E-state index contributed by atoms with van der Waals surface area (Å²) in [4.78, 5) is 25.8. The topological polar surface area (TPSA) is 88.5 Å². The fourth-order valence-corrected chi connectivity index (χ4v) is 2.76. The molecule has 0 aliphatic carbocycles. The maximum Gasteiger partial charge on any atom is 0.302 e. The van der Waals surface area contributed by atoms with E-state index in [4.69, 9.17) is 14.2 Å². The van der Waals surface area contributed by atoms with Crippen molar-refractivity contribution in [2.45, 2.75) is 38.9 Å². The zero-order valence-electron chi connectivity index (χ0n) is 15.6. The number of carbonyl (C=O) groups is 2. The van der Waals surface area contributed by atoms with Crippen LogP contribution in [0.25, 0.3) is 0 Å². The number of rotatable bonds is 11. The first-order valence-electron chi connectivity index (χ1n) is 8.84. The molecule has 0 radical (unpaired) electrons. The smallest absolute Gasteiger partial charge is 0.302 e. The number of unbranched alkanes of at least 4 members (excludes halogenated alkanes) is 1. The average molecular weight is 360 g/mol. The number of ether oxygens (including phenoxy) is 3. The van der Waals surface area contributed by atoms with Crippen LogP contribution < -0.4 is 0 Å². The predicted octanol–water partition coefficient (Wildman–Crippen LogP) is -0.114. The molecule has 8 nitrogen and oxygen atoms in total. The zero-order chi connectivity index (χ0) is 18.7. The quantitative estimate of drug-likeness (QED) is 0.403. The molecule has 0 spiro atoms. The lowest BCUT2D eigenvalue weighted by molar-refractivity contribution is -0.145. The van der Waals surface area contributed by atoms with Gasteiger partial charge in [-0.1, -0.05) is 0 Å². The molecule has 1 N–H and O–H groups in total. The number of β-amino-alcohol motifs (C(OH)–C–C–N with tert-alkyl or cyclic N) is 1. The second-order valence-electron chi connectivity index (χ2n) is 6.52. The third-order valence-electron chi connectivity index (χ3n) is 3.93. The zero-order valence-corrected chi connectivity index (χ0v) is 15.6. The van der Waals surface area contributed by atoms with Crippen LogP contribution in [0.2, 0.25) is 0 Å². The number of morpholine rings is 1. The minimum absolute atomic E-state index is 0.0274. The Kier molecular flexibility index (Phi) is 10.6. The minimum Gasteiger partial charge on any atom is -0.466 e. The molecule has 1 saturated heterocycles. The van der Waals surface area contributed by atoms with Crippen LogP contribution in [-0.4, -0.2) is 98.6 Å². The Labute approximate surface area is 150 Å². The van der Waals surface area contributed by atoms with Crippen molar-refractivity contribution in [3.8, 4) is 0 Å². The number of esters is 2. The Morgan fingerprint density at radius 3 is 2.68 bits per heavy atom. The van der Waals surface area contributed by atoms with Gasteiger partial charge in [-0.3, -0.25) is 14.5 Å². The van der Waals surface area contributed by atoms with Crippen LogP contribution in [0.4, 0.5) is 0 Å². The van der Waals surface area contributed by atoms with Gasteiger partial charge in [0.1, 0.15) is 12.7 Å². The lowest BCUT2D eigenvalue weighted by Crippen LogP contribution is -2.49. The number of aliphatic hydroxyl groups is 1. The van der Waals surface area contributed by atoms with E-state index in [1.807, 2.05) is 7.05 Å². The Balaban J connectivity index is 2.18. The molecular formula is C17H32N2O6. The monoisotopic (exact) mass is 360 g/mol. The molecule has 146 valence electrons. The van der Waals surface area contributed by atoms with E-state index >= 15 is 0 Å². The fourth-order valence-electron chi connectivity index (χ4n) is 2.76. The number of carbonyl (C=O) groups excluding carboxylic acids is 2. The van der Waals surface area contributed by atoms with Crippen molar-refractivity contribution in [2.75, 3.05) is 59.6 Å². The highest BCUT2D eigenvalue weighted by Gasteiger charge is 2.23. The molecule has 0 bridgehead atoms. The van der Waals surface area contributed by atoms with Gasteiger partial charge in [-0.15, -0.1) is 0 Å². The van der Waals surface area contributed by atoms with Crippen molar-refractivity contribution >= 4 is 11.9 Å². The summed E-state index contributed by atoms with van der Waals surface area (Å²) >= 11 is 0. The van der Waals surface area contributed by atoms with Gasteiger partial charge in [0, 0.05) is 40.0 Å². The molecule has 1 rings (SSSR count). The number of aliphatic hydroxyl groups excluding tert-OH is 1. The normalized spacial score (nSPS) is 19.6. The van der Waals surface area contributed by atoms with Gasteiger partial charge < -0.3 is 24.2 Å². The van der Waals surface area contributed by atoms with Crippen molar-refractivity contribution < 1.29 is 28.9 Å². The first kappa shape index (κ1) is 21.8. The fraction of sp³-hybridized carbons (Fsp3) is 0.882. The Hall–Kier alpha value is -1.22. The van der Waals surface area contributed by atoms with E-state index in [2.05, 4.69) is 9.80 Å². The van der Waals surface area contributed by atoms with Gasteiger partial charge in [0.2, 0.25) is 0 Å². The predicted molar refractivity (Wildman–Crippen MR) is 92.2 cm³/mol. The second kappa shape index (κ2) is 12.2. The van der Waals surface area contributed by atoms with Gasteiger partial charge >= 0.3 is 11.9 Å². The molecule has 1 fully saturated rings. The highest BCUT2D eigenvalue weighted by molar-refractivity contribution is 5.66. The Bertz CT molecular complexity index is 407. The lowest BCUT2D eigenvalue weighted by Gasteiger charge is -2.35. The Morgan fingerprint density at radius 2 is 2.00 bits per heavy atom. The van der Waals surface area contributed by atoms with E-state index in [1.165, 1.54) is 13.8 Å². The maximum absolute atomic E-state index is 10.8. The van der Waals surface area contributed by atoms with Crippen molar-refractivity contribution in [1.82, 2.24) is 9.80 Å². The van der Waals surface area contributed by atoms with E-state index in [0.29, 0.717) is 19.8 Å². The summed E-state index contributed by atoms with van der Waals surface area (Å²) in [6, 6.07) is 0. The van der Waals surface area contributed by atoms with Crippen LogP contribution in [0.5, 0.6) is 0 Å². The van der Waals surface area contributed by atoms with E-state index < -0.39 is 6.10 Å². The summed E-state index contributed by atoms with van der Waals surface area (Å²) in [5.41, 5.74) is 0. The lowest BCUT2D eigenvalue weighted by atomic mass is 10.2. The molecule has 2 unspecified atom stereocenters. The van der Waals surface area contributed by atoms with Gasteiger partial charge in [-0.25, -0.2) is 0 Å². The first-order valence-corrected chi connectivity index (χ1v) is 8.84. The number of hydrogen-bond donors (Lipinski definition) is 1. The molecular weight excluding hydrogens is 328 g/mol. The van der Waals surface area contributed by atoms with E-state index in [1.54, 1.807) is 0 Å². The maximum atomic E-state index is 10.8. The highest BCUT2D eigenvalue weighted by Crippen LogP contribution is 2.08. The third kappa shape index (κ3) is 11.1. The van der Waals surface area contributed by atoms with Crippen LogP contribution in [0.15, 0.2) is 0 Å². The average Bonchev–Trinajstić information content (AvgIpc) is 2.52. The molecule has 0 saturated carbocycles. The summed E-state index contributed by atoms with van der Waals surface area (Å²) in [5, 5.41) is 9.92. The third-order valence-corrected chi connectivity index (χ3v) is 3.93. The van der Waals surface area contributed by atoms with Gasteiger partial charge in [0.15, 0.2) is 0 Å². The number of likely N-dealkylation sites (N-methyl/N-ethyl adjacent to an activating group) is 1. The Morgan fingerprint density at radius 1 is 1.28 bits per heavy atom. The largest absolute Gasteiger partial charge is 0.466 e. The summed E-state index contributed by atoms with van der Waals surface area (Å²) in [5.74, 6) is -0.617. The highest BCUT2D eigenvalue weighted by atomic mass is 16.5. The molecule has 0 aromatic heterocycles. The summed E-state index contributed by atoms with van der Waals surface area (Å²) in [6.45, 7) is 7.58. The summed E-state index contributed by atoms with van der Waals surface area (Å²) in [7, 11) is 2.05. The summed E-state index contributed by atoms with van der Waals surface area (Å²) in [6.07, 6.45) is 1.22. The first-order chi connectivity index (χ1) is 11.9. The molecule has 25 heavy (non-hydrogen) atoms. The van der Waals surface area contributed by atoms with Crippen LogP contribution in [0.3, 0.4) is 0 Å². The van der Waals surface area contributed by atoms with Crippen molar-refractivity contribution in [1.29, 1.82) is 0 Å². The van der Waals surface area contributed by atoms with Crippen LogP contribution in [0, 0.1) is 0 Å². The summed E-state index contributed by atoms with van der Waals surface area (Å²) < 4.78 is 15.5. The molecule has 8 heteroatoms. The molecule has 0 aromatic carbocycles. The van der Waals surface area contributed by atoms with Gasteiger partial charge in [0.25, 0.3) is 0 Å². The number of hydrogen-bond acceptors (Lipinski definition) is 8. The molecule has 0 amide bonds. The van der Waals surface area contributed by atoms with Gasteiger partial charge in [0.05, 0.1) is 19.3 Å². The molecule has 0 aromatic rings. The minimum atomic E-state index is -0.679. The van der Waals surface area contributed by atoms with Crippen LogP contribution in [0.1, 0.15) is 26.7 Å². The second-order valence-corrected chi connectivity index (χ2v) is 6.52. The van der Waals surface area contributed by atoms with Crippen molar-refractivity contribution in [2.24, 2.45) is 0 Å². The molecule has 1 heterocycles. The van der Waals surface area contributed by atoms with Crippen LogP contribution in [-0.2, 0) is 23.8 Å². The molecule has 1 aliphatic heterocycles. The SMILES string of the molecule is CC(=O)OCCCCN(C)CC1CN(CC(O)COC(C)=O)CCO1. The van der Waals surface area contributed by atoms with Crippen molar-refractivity contribution in [3.05, 3.63) is 0 Å². The van der Waals surface area contributed by atoms with Crippen molar-refractivity contribution in [3.63, 3.8) is 0 Å². The van der Waals surface area contributed by atoms with Gasteiger partial charge in [-0.2, -0.15) is 0 Å². The standard InChI is InChI=1S/C17H32N2O6/c1-14(20)23-8-5-4-6-18(3)11-17-12-19(7-9-24-17)10-16(22)13-25-15(2)21/h16-17,22H,4-13H2,1-3H3.